The lowest BCUT2D eigenvalue weighted by molar-refractivity contribution is 0.295. The maximum Gasteiger partial charge on any atom is 0.0470 e. The first-order valence-electron chi connectivity index (χ1n) is 9.24. The summed E-state index contributed by atoms with van der Waals surface area (Å²) in [6.07, 6.45) is 6.27. The minimum absolute atomic E-state index is 0.428. The van der Waals surface area contributed by atoms with E-state index in [0.717, 1.165) is 19.6 Å². The molecular weight excluding hydrogens is 318 g/mol. The summed E-state index contributed by atoms with van der Waals surface area (Å²) in [4.78, 5) is 5.79. The Balaban J connectivity index is 1.52. The molecule has 1 N–H and O–H groups in total. The van der Waals surface area contributed by atoms with Crippen LogP contribution >= 0.6 is 0 Å². The van der Waals surface area contributed by atoms with E-state index in [4.69, 9.17) is 0 Å². The maximum absolute atomic E-state index is 3.35. The number of benzene rings is 2. The van der Waals surface area contributed by atoms with Gasteiger partial charge in [-0.3, -0.25) is 0 Å². The molecule has 0 fully saturated rings. The highest BCUT2D eigenvalue weighted by molar-refractivity contribution is 5.80. The molecule has 1 aliphatic rings. The Morgan fingerprint density at radius 2 is 1.92 bits per heavy atom. The van der Waals surface area contributed by atoms with Gasteiger partial charge >= 0.3 is 0 Å². The fraction of sp³-hybridized carbons (Fsp3) is 0.217. The normalized spacial score (nSPS) is 17.5. The van der Waals surface area contributed by atoms with Crippen LogP contribution in [0.3, 0.4) is 0 Å². The molecule has 2 aromatic carbocycles. The molecule has 3 heterocycles. The van der Waals surface area contributed by atoms with Crippen LogP contribution in [0.5, 0.6) is 0 Å². The molecule has 0 saturated carbocycles. The third kappa shape index (κ3) is 2.74. The second kappa shape index (κ2) is 6.19. The Bertz CT molecular complexity index is 1040. The second-order valence-corrected chi connectivity index (χ2v) is 7.46. The molecule has 0 aliphatic carbocycles. The van der Waals surface area contributed by atoms with Crippen LogP contribution < -0.4 is 0 Å². The van der Waals surface area contributed by atoms with Gasteiger partial charge in [0.1, 0.15) is 0 Å². The van der Waals surface area contributed by atoms with Gasteiger partial charge < -0.3 is 14.5 Å². The van der Waals surface area contributed by atoms with E-state index in [0.29, 0.717) is 5.92 Å². The Kier molecular flexibility index (Phi) is 3.68. The van der Waals surface area contributed by atoms with Crippen LogP contribution in [0.25, 0.3) is 10.9 Å². The Morgan fingerprint density at radius 3 is 2.81 bits per heavy atom. The summed E-state index contributed by atoms with van der Waals surface area (Å²) in [6, 6.07) is 20.2. The number of nitrogens with zero attached hydrogens (tertiary/aromatic N) is 2. The van der Waals surface area contributed by atoms with E-state index >= 15 is 0 Å². The lowest BCUT2D eigenvalue weighted by Crippen LogP contribution is -2.31. The minimum Gasteiger partial charge on any atom is -0.361 e. The van der Waals surface area contributed by atoms with Gasteiger partial charge in [0.15, 0.2) is 0 Å². The van der Waals surface area contributed by atoms with Crippen molar-refractivity contribution in [2.75, 3.05) is 13.6 Å². The average molecular weight is 341 g/mol. The van der Waals surface area contributed by atoms with Gasteiger partial charge in [0, 0.05) is 49.7 Å². The molecule has 2 aromatic heterocycles. The molecule has 0 saturated heterocycles. The molecule has 5 rings (SSSR count). The Morgan fingerprint density at radius 1 is 1.04 bits per heavy atom. The molecule has 1 atom stereocenters. The SMILES string of the molecule is CN1Cc2cc(Cn3cccc3)ccc2C(c2ccc3cc[nH]c3c2)C1. The molecule has 4 aromatic rings. The molecule has 3 nitrogen and oxygen atoms in total. The molecule has 0 radical (unpaired) electrons. The summed E-state index contributed by atoms with van der Waals surface area (Å²) in [5.41, 5.74) is 6.92. The van der Waals surface area contributed by atoms with Crippen LogP contribution in [0, 0.1) is 0 Å². The Labute approximate surface area is 153 Å². The quantitative estimate of drug-likeness (QED) is 0.579. The highest BCUT2D eigenvalue weighted by Gasteiger charge is 2.25. The van der Waals surface area contributed by atoms with Crippen LogP contribution in [0.4, 0.5) is 0 Å². The van der Waals surface area contributed by atoms with Gasteiger partial charge in [0.2, 0.25) is 0 Å². The number of hydrogen-bond acceptors (Lipinski definition) is 1. The van der Waals surface area contributed by atoms with E-state index in [1.165, 1.54) is 33.2 Å². The summed E-state index contributed by atoms with van der Waals surface area (Å²) < 4.78 is 2.23. The molecule has 130 valence electrons. The number of hydrogen-bond donors (Lipinski definition) is 1. The summed E-state index contributed by atoms with van der Waals surface area (Å²) in [6.45, 7) is 3.02. The smallest absolute Gasteiger partial charge is 0.0470 e. The summed E-state index contributed by atoms with van der Waals surface area (Å²) >= 11 is 0. The fourth-order valence-corrected chi connectivity index (χ4v) is 4.25. The summed E-state index contributed by atoms with van der Waals surface area (Å²) in [7, 11) is 2.22. The highest BCUT2D eigenvalue weighted by atomic mass is 15.1. The molecule has 0 spiro atoms. The van der Waals surface area contributed by atoms with Crippen LogP contribution in [-0.2, 0) is 13.1 Å². The molecule has 26 heavy (non-hydrogen) atoms. The molecular formula is C23H23N3. The maximum atomic E-state index is 3.35. The van der Waals surface area contributed by atoms with Crippen LogP contribution in [0.1, 0.15) is 28.2 Å². The van der Waals surface area contributed by atoms with E-state index in [2.05, 4.69) is 88.5 Å². The number of H-pyrrole nitrogens is 1. The van der Waals surface area contributed by atoms with Gasteiger partial charge in [-0.25, -0.2) is 0 Å². The number of fused-ring (bicyclic) bond motifs is 2. The van der Waals surface area contributed by atoms with Crippen molar-refractivity contribution in [3.05, 3.63) is 95.4 Å². The van der Waals surface area contributed by atoms with Gasteiger partial charge in [-0.15, -0.1) is 0 Å². The summed E-state index contributed by atoms with van der Waals surface area (Å²) in [5.74, 6) is 0.428. The monoisotopic (exact) mass is 341 g/mol. The van der Waals surface area contributed by atoms with Crippen molar-refractivity contribution < 1.29 is 0 Å². The average Bonchev–Trinajstić information content (AvgIpc) is 3.31. The van der Waals surface area contributed by atoms with Crippen molar-refractivity contribution >= 4 is 10.9 Å². The van der Waals surface area contributed by atoms with Crippen molar-refractivity contribution in [2.24, 2.45) is 0 Å². The van der Waals surface area contributed by atoms with Gasteiger partial charge in [0.05, 0.1) is 0 Å². The van der Waals surface area contributed by atoms with Gasteiger partial charge in [-0.05, 0) is 59.0 Å². The number of nitrogens with one attached hydrogen (secondary N) is 1. The number of rotatable bonds is 3. The van der Waals surface area contributed by atoms with E-state index in [1.807, 2.05) is 6.20 Å². The van der Waals surface area contributed by atoms with Gasteiger partial charge in [-0.1, -0.05) is 30.3 Å². The third-order valence-electron chi connectivity index (χ3n) is 5.53. The molecule has 0 bridgehead atoms. The fourth-order valence-electron chi connectivity index (χ4n) is 4.25. The molecule has 3 heteroatoms. The second-order valence-electron chi connectivity index (χ2n) is 7.46. The number of aromatic nitrogens is 2. The summed E-state index contributed by atoms with van der Waals surface area (Å²) in [5, 5.41) is 1.28. The van der Waals surface area contributed by atoms with Crippen molar-refractivity contribution in [1.82, 2.24) is 14.5 Å². The Hall–Kier alpha value is -2.78. The molecule has 0 amide bonds. The first-order chi connectivity index (χ1) is 12.8. The van der Waals surface area contributed by atoms with Crippen molar-refractivity contribution in [3.63, 3.8) is 0 Å². The first-order valence-corrected chi connectivity index (χ1v) is 9.24. The third-order valence-corrected chi connectivity index (χ3v) is 5.53. The van der Waals surface area contributed by atoms with E-state index in [1.54, 1.807) is 0 Å². The zero-order valence-electron chi connectivity index (χ0n) is 15.0. The lowest BCUT2D eigenvalue weighted by atomic mass is 9.84. The molecule has 1 aliphatic heterocycles. The largest absolute Gasteiger partial charge is 0.361 e. The predicted octanol–water partition coefficient (Wildman–Crippen LogP) is 4.60. The number of likely N-dealkylation sites (N-methyl/N-ethyl adjacent to an activating group) is 1. The van der Waals surface area contributed by atoms with Crippen LogP contribution in [-0.4, -0.2) is 28.0 Å². The first kappa shape index (κ1) is 15.5. The van der Waals surface area contributed by atoms with E-state index < -0.39 is 0 Å². The highest BCUT2D eigenvalue weighted by Crippen LogP contribution is 2.34. The zero-order valence-corrected chi connectivity index (χ0v) is 15.0. The lowest BCUT2D eigenvalue weighted by Gasteiger charge is -2.33. The standard InChI is InChI=1S/C23H23N3/c1-25-15-20-12-17(14-26-10-2-3-11-26)4-7-21(20)22(16-25)19-6-5-18-8-9-24-23(18)13-19/h2-13,22,24H,14-16H2,1H3. The van der Waals surface area contributed by atoms with E-state index in [9.17, 15) is 0 Å². The van der Waals surface area contributed by atoms with Crippen molar-refractivity contribution in [3.8, 4) is 0 Å². The topological polar surface area (TPSA) is 24.0 Å². The molecule has 1 unspecified atom stereocenters. The predicted molar refractivity (Wildman–Crippen MR) is 106 cm³/mol. The van der Waals surface area contributed by atoms with Crippen molar-refractivity contribution in [1.29, 1.82) is 0 Å². The number of aromatic amines is 1. The van der Waals surface area contributed by atoms with Gasteiger partial charge in [0.25, 0.3) is 0 Å². The minimum atomic E-state index is 0.428. The van der Waals surface area contributed by atoms with Crippen LogP contribution in [0.2, 0.25) is 0 Å². The van der Waals surface area contributed by atoms with Crippen molar-refractivity contribution in [2.45, 2.75) is 19.0 Å². The van der Waals surface area contributed by atoms with Gasteiger partial charge in [-0.2, -0.15) is 0 Å². The van der Waals surface area contributed by atoms with E-state index in [-0.39, 0.29) is 0 Å². The zero-order chi connectivity index (χ0) is 17.5. The van der Waals surface area contributed by atoms with Crippen LogP contribution in [0.15, 0.2) is 73.2 Å².